The monoisotopic (exact) mass is 339 g/mol. The number of para-hydroxylation sites is 1. The number of aryl methyl sites for hydroxylation is 1. The largest absolute Gasteiger partial charge is 0.482 e. The van der Waals surface area contributed by atoms with Gasteiger partial charge in [-0.25, -0.2) is 4.79 Å². The van der Waals surface area contributed by atoms with Crippen molar-refractivity contribution in [3.63, 3.8) is 0 Å². The second-order valence-corrected chi connectivity index (χ2v) is 5.84. The lowest BCUT2D eigenvalue weighted by atomic mass is 10.3. The molecular formula is C15H14ClNO4S. The Balaban J connectivity index is 1.95. The third-order valence-electron chi connectivity index (χ3n) is 2.75. The van der Waals surface area contributed by atoms with E-state index in [-0.39, 0.29) is 12.5 Å². The predicted octanol–water partition coefficient (Wildman–Crippen LogP) is 3.51. The van der Waals surface area contributed by atoms with Crippen molar-refractivity contribution in [2.75, 3.05) is 19.0 Å². The van der Waals surface area contributed by atoms with Gasteiger partial charge in [-0.2, -0.15) is 0 Å². The Kier molecular flexibility index (Phi) is 5.41. The minimum absolute atomic E-state index is 0.172. The molecule has 1 amide bonds. The lowest BCUT2D eigenvalue weighted by molar-refractivity contribution is -0.118. The van der Waals surface area contributed by atoms with Crippen LogP contribution < -0.4 is 10.1 Å². The van der Waals surface area contributed by atoms with E-state index in [1.54, 1.807) is 37.3 Å². The summed E-state index contributed by atoms with van der Waals surface area (Å²) in [4.78, 5) is 23.8. The van der Waals surface area contributed by atoms with Crippen molar-refractivity contribution in [2.24, 2.45) is 0 Å². The van der Waals surface area contributed by atoms with E-state index in [1.165, 1.54) is 7.11 Å². The average Bonchev–Trinajstić information content (AvgIpc) is 2.86. The van der Waals surface area contributed by atoms with Crippen LogP contribution in [-0.4, -0.2) is 25.6 Å². The van der Waals surface area contributed by atoms with E-state index in [0.29, 0.717) is 20.7 Å². The number of nitrogens with one attached hydrogen (secondary N) is 1. The first-order chi connectivity index (χ1) is 10.5. The van der Waals surface area contributed by atoms with Crippen molar-refractivity contribution < 1.29 is 19.1 Å². The Hall–Kier alpha value is -2.05. The van der Waals surface area contributed by atoms with Crippen LogP contribution in [0.1, 0.15) is 15.2 Å². The van der Waals surface area contributed by atoms with Crippen molar-refractivity contribution in [1.82, 2.24) is 0 Å². The Bertz CT molecular complexity index is 699. The minimum atomic E-state index is -0.421. The molecule has 0 saturated heterocycles. The van der Waals surface area contributed by atoms with Crippen molar-refractivity contribution in [3.05, 3.63) is 45.8 Å². The summed E-state index contributed by atoms with van der Waals surface area (Å²) in [6.07, 6.45) is 0. The van der Waals surface area contributed by atoms with Crippen LogP contribution in [0, 0.1) is 6.92 Å². The number of benzene rings is 1. The third kappa shape index (κ3) is 3.99. The maximum atomic E-state index is 11.9. The fraction of sp³-hybridized carbons (Fsp3) is 0.200. The highest BCUT2D eigenvalue weighted by molar-refractivity contribution is 7.18. The minimum Gasteiger partial charge on any atom is -0.482 e. The van der Waals surface area contributed by atoms with Gasteiger partial charge in [0.15, 0.2) is 6.61 Å². The molecule has 0 unspecified atom stereocenters. The Morgan fingerprint density at radius 1 is 1.32 bits per heavy atom. The molecule has 116 valence electrons. The maximum Gasteiger partial charge on any atom is 0.348 e. The first-order valence-electron chi connectivity index (χ1n) is 6.37. The van der Waals surface area contributed by atoms with Gasteiger partial charge in [0.25, 0.3) is 5.91 Å². The molecule has 0 aliphatic carbocycles. The molecule has 2 rings (SSSR count). The number of carbonyl (C=O) groups excluding carboxylic acids is 2. The molecule has 7 heteroatoms. The number of thiophene rings is 1. The Morgan fingerprint density at radius 2 is 2.05 bits per heavy atom. The van der Waals surface area contributed by atoms with Gasteiger partial charge in [-0.05, 0) is 30.7 Å². The molecule has 22 heavy (non-hydrogen) atoms. The van der Waals surface area contributed by atoms with E-state index in [4.69, 9.17) is 16.3 Å². The topological polar surface area (TPSA) is 64.6 Å². The average molecular weight is 340 g/mol. The molecule has 0 atom stereocenters. The van der Waals surface area contributed by atoms with Crippen LogP contribution in [0.4, 0.5) is 5.00 Å². The summed E-state index contributed by atoms with van der Waals surface area (Å²) in [5.74, 6) is -0.315. The lowest BCUT2D eigenvalue weighted by Crippen LogP contribution is -2.19. The van der Waals surface area contributed by atoms with Gasteiger partial charge in [0.05, 0.1) is 17.1 Å². The molecule has 0 aliphatic heterocycles. The number of ether oxygens (including phenoxy) is 2. The number of carbonyl (C=O) groups is 2. The SMILES string of the molecule is COC(=O)c1sc(NC(=O)COc2ccccc2Cl)cc1C. The number of halogens is 1. The molecular weight excluding hydrogens is 326 g/mol. The second kappa shape index (κ2) is 7.29. The highest BCUT2D eigenvalue weighted by Crippen LogP contribution is 2.27. The molecule has 0 bridgehead atoms. The van der Waals surface area contributed by atoms with Gasteiger partial charge in [-0.3, -0.25) is 4.79 Å². The zero-order valence-corrected chi connectivity index (χ0v) is 13.6. The summed E-state index contributed by atoms with van der Waals surface area (Å²) < 4.78 is 10.0. The number of rotatable bonds is 5. The van der Waals surface area contributed by atoms with Gasteiger partial charge in [0.2, 0.25) is 0 Å². The van der Waals surface area contributed by atoms with Crippen LogP contribution in [0.2, 0.25) is 5.02 Å². The molecule has 1 aromatic carbocycles. The van der Waals surface area contributed by atoms with Crippen molar-refractivity contribution >= 4 is 39.8 Å². The quantitative estimate of drug-likeness (QED) is 0.846. The van der Waals surface area contributed by atoms with Gasteiger partial charge in [0.1, 0.15) is 10.6 Å². The van der Waals surface area contributed by atoms with Crippen LogP contribution in [0.25, 0.3) is 0 Å². The molecule has 1 aromatic heterocycles. The zero-order valence-electron chi connectivity index (χ0n) is 12.0. The summed E-state index contributed by atoms with van der Waals surface area (Å²) in [5, 5.41) is 3.68. The molecule has 0 fully saturated rings. The summed E-state index contributed by atoms with van der Waals surface area (Å²) >= 11 is 7.09. The summed E-state index contributed by atoms with van der Waals surface area (Å²) in [5.41, 5.74) is 0.749. The second-order valence-electron chi connectivity index (χ2n) is 4.38. The van der Waals surface area contributed by atoms with Gasteiger partial charge in [0, 0.05) is 0 Å². The van der Waals surface area contributed by atoms with Crippen LogP contribution in [0.15, 0.2) is 30.3 Å². The van der Waals surface area contributed by atoms with Gasteiger partial charge in [-0.1, -0.05) is 23.7 Å². The fourth-order valence-electron chi connectivity index (χ4n) is 1.72. The highest BCUT2D eigenvalue weighted by Gasteiger charge is 2.15. The molecule has 0 saturated carbocycles. The lowest BCUT2D eigenvalue weighted by Gasteiger charge is -2.07. The molecule has 0 aliphatic rings. The van der Waals surface area contributed by atoms with E-state index in [2.05, 4.69) is 10.1 Å². The van der Waals surface area contributed by atoms with E-state index in [9.17, 15) is 9.59 Å². The zero-order chi connectivity index (χ0) is 16.1. The van der Waals surface area contributed by atoms with Crippen LogP contribution in [0.5, 0.6) is 5.75 Å². The third-order valence-corrected chi connectivity index (χ3v) is 4.19. The predicted molar refractivity (Wildman–Crippen MR) is 86.0 cm³/mol. The van der Waals surface area contributed by atoms with Crippen molar-refractivity contribution in [2.45, 2.75) is 6.92 Å². The fourth-order valence-corrected chi connectivity index (χ4v) is 2.91. The molecule has 0 radical (unpaired) electrons. The first kappa shape index (κ1) is 16.3. The van der Waals surface area contributed by atoms with Crippen LogP contribution in [0.3, 0.4) is 0 Å². The van der Waals surface area contributed by atoms with Crippen molar-refractivity contribution in [3.8, 4) is 5.75 Å². The first-order valence-corrected chi connectivity index (χ1v) is 7.56. The van der Waals surface area contributed by atoms with E-state index in [1.807, 2.05) is 0 Å². The van der Waals surface area contributed by atoms with E-state index in [0.717, 1.165) is 16.9 Å². The normalized spacial score (nSPS) is 10.1. The van der Waals surface area contributed by atoms with E-state index < -0.39 is 5.97 Å². The van der Waals surface area contributed by atoms with Gasteiger partial charge >= 0.3 is 5.97 Å². The molecule has 1 N–H and O–H groups in total. The molecule has 2 aromatic rings. The van der Waals surface area contributed by atoms with Gasteiger partial charge < -0.3 is 14.8 Å². The standard InChI is InChI=1S/C15H14ClNO4S/c1-9-7-13(22-14(9)15(19)20-2)17-12(18)8-21-11-6-4-3-5-10(11)16/h3-7H,8H2,1-2H3,(H,17,18). The number of methoxy groups -OCH3 is 1. The summed E-state index contributed by atoms with van der Waals surface area (Å²) in [6.45, 7) is 1.60. The number of hydrogen-bond acceptors (Lipinski definition) is 5. The van der Waals surface area contributed by atoms with Crippen LogP contribution >= 0.6 is 22.9 Å². The Labute approximate surface area is 136 Å². The number of hydrogen-bond donors (Lipinski definition) is 1. The smallest absolute Gasteiger partial charge is 0.348 e. The molecule has 1 heterocycles. The summed E-state index contributed by atoms with van der Waals surface area (Å²) in [7, 11) is 1.32. The van der Waals surface area contributed by atoms with Crippen LogP contribution in [-0.2, 0) is 9.53 Å². The maximum absolute atomic E-state index is 11.9. The molecule has 5 nitrogen and oxygen atoms in total. The Morgan fingerprint density at radius 3 is 2.73 bits per heavy atom. The van der Waals surface area contributed by atoms with Crippen molar-refractivity contribution in [1.29, 1.82) is 0 Å². The molecule has 0 spiro atoms. The summed E-state index contributed by atoms with van der Waals surface area (Å²) in [6, 6.07) is 8.62. The number of amides is 1. The number of anilines is 1. The van der Waals surface area contributed by atoms with Gasteiger partial charge in [-0.15, -0.1) is 11.3 Å². The van der Waals surface area contributed by atoms with E-state index >= 15 is 0 Å². The highest BCUT2D eigenvalue weighted by atomic mass is 35.5. The number of esters is 1.